The fourth-order valence-corrected chi connectivity index (χ4v) is 2.52. The van der Waals surface area contributed by atoms with Crippen molar-refractivity contribution in [2.75, 3.05) is 6.61 Å². The molecule has 1 aromatic carbocycles. The molecule has 0 saturated heterocycles. The van der Waals surface area contributed by atoms with Crippen molar-refractivity contribution in [3.8, 4) is 11.3 Å². The minimum absolute atomic E-state index is 0.102. The average molecular weight is 442 g/mol. The topological polar surface area (TPSA) is 47.4 Å². The molecule has 3 aromatic rings. The highest BCUT2D eigenvalue weighted by atomic mass is 35.5. The van der Waals surface area contributed by atoms with Crippen LogP contribution in [0.25, 0.3) is 11.3 Å². The van der Waals surface area contributed by atoms with E-state index in [9.17, 15) is 13.2 Å². The van der Waals surface area contributed by atoms with Crippen LogP contribution in [0.2, 0.25) is 10.0 Å². The summed E-state index contributed by atoms with van der Waals surface area (Å²) in [7, 11) is 0. The largest absolute Gasteiger partial charge is 0.417 e. The molecular weight excluding hydrogens is 426 g/mol. The van der Waals surface area contributed by atoms with E-state index >= 15 is 0 Å². The Morgan fingerprint density at radius 3 is 2.31 bits per heavy atom. The number of pyridine rings is 2. The Bertz CT molecular complexity index is 925. The van der Waals surface area contributed by atoms with Gasteiger partial charge in [0, 0.05) is 34.7 Å². The van der Waals surface area contributed by atoms with Gasteiger partial charge in [0.15, 0.2) is 0 Å². The van der Waals surface area contributed by atoms with Gasteiger partial charge in [-0.3, -0.25) is 9.97 Å². The number of oxime groups is 1. The zero-order valence-corrected chi connectivity index (χ0v) is 16.7. The predicted molar refractivity (Wildman–Crippen MR) is 108 cm³/mol. The monoisotopic (exact) mass is 441 g/mol. The Hall–Kier alpha value is -2.64. The van der Waals surface area contributed by atoms with Gasteiger partial charge in [-0.25, -0.2) is 0 Å². The van der Waals surface area contributed by atoms with Gasteiger partial charge < -0.3 is 4.84 Å². The molecule has 0 bridgehead atoms. The van der Waals surface area contributed by atoms with E-state index in [0.717, 1.165) is 12.3 Å². The van der Waals surface area contributed by atoms with Gasteiger partial charge in [-0.15, -0.1) is 0 Å². The molecule has 9 heteroatoms. The van der Waals surface area contributed by atoms with E-state index in [1.807, 2.05) is 18.2 Å². The molecule has 0 unspecified atom stereocenters. The van der Waals surface area contributed by atoms with Crippen molar-refractivity contribution < 1.29 is 18.0 Å². The molecule has 0 aliphatic rings. The van der Waals surface area contributed by atoms with Crippen molar-refractivity contribution in [2.45, 2.75) is 13.1 Å². The number of rotatable bonds is 4. The highest BCUT2D eigenvalue weighted by molar-refractivity contribution is 6.34. The number of aromatic nitrogens is 2. The molecule has 2 heterocycles. The second kappa shape index (κ2) is 10.8. The van der Waals surface area contributed by atoms with E-state index in [0.29, 0.717) is 22.8 Å². The molecule has 0 radical (unpaired) electrons. The van der Waals surface area contributed by atoms with Crippen LogP contribution < -0.4 is 0 Å². The number of hydrogen-bond donors (Lipinski definition) is 0. The lowest BCUT2D eigenvalue weighted by Crippen LogP contribution is -2.05. The Morgan fingerprint density at radius 1 is 1.07 bits per heavy atom. The third-order valence-electron chi connectivity index (χ3n) is 3.40. The van der Waals surface area contributed by atoms with Crippen LogP contribution in [0.5, 0.6) is 0 Å². The van der Waals surface area contributed by atoms with Gasteiger partial charge in [0.05, 0.1) is 22.5 Å². The SMILES string of the molecule is CCO/N=C/c1cc(-c2ncc(C(F)(F)F)cc2Cl)ccc1Cl.c1ccncc1. The molecule has 152 valence electrons. The minimum atomic E-state index is -4.50. The molecule has 0 fully saturated rings. The third kappa shape index (κ3) is 7.03. The Kier molecular flexibility index (Phi) is 8.42. The molecular formula is C20H16Cl2F3N3O. The predicted octanol–water partition coefficient (Wildman–Crippen LogP) is 6.53. The summed E-state index contributed by atoms with van der Waals surface area (Å²) in [5.74, 6) is 0. The van der Waals surface area contributed by atoms with Gasteiger partial charge in [-0.2, -0.15) is 13.2 Å². The average Bonchev–Trinajstić information content (AvgIpc) is 2.71. The smallest absolute Gasteiger partial charge is 0.396 e. The van der Waals surface area contributed by atoms with Crippen molar-refractivity contribution in [2.24, 2.45) is 5.16 Å². The third-order valence-corrected chi connectivity index (χ3v) is 4.03. The normalized spacial score (nSPS) is 11.1. The Balaban J connectivity index is 0.000000426. The van der Waals surface area contributed by atoms with E-state index in [1.54, 1.807) is 37.5 Å². The zero-order chi connectivity index (χ0) is 21.3. The van der Waals surface area contributed by atoms with Crippen molar-refractivity contribution in [3.05, 3.63) is 82.2 Å². The molecule has 0 saturated carbocycles. The van der Waals surface area contributed by atoms with E-state index in [4.69, 9.17) is 28.0 Å². The highest BCUT2D eigenvalue weighted by Crippen LogP contribution is 2.34. The van der Waals surface area contributed by atoms with Crippen LogP contribution >= 0.6 is 23.2 Å². The number of halogens is 5. The molecule has 29 heavy (non-hydrogen) atoms. The Labute approximate surface area is 176 Å². The summed E-state index contributed by atoms with van der Waals surface area (Å²) in [5.41, 5.74) is 0.377. The molecule has 0 aliphatic carbocycles. The molecule has 3 rings (SSSR count). The van der Waals surface area contributed by atoms with Crippen molar-refractivity contribution in [1.29, 1.82) is 0 Å². The van der Waals surface area contributed by atoms with E-state index in [-0.39, 0.29) is 10.7 Å². The molecule has 2 aromatic heterocycles. The fourth-order valence-electron chi connectivity index (χ4n) is 2.08. The van der Waals surface area contributed by atoms with Crippen LogP contribution in [-0.4, -0.2) is 22.8 Å². The van der Waals surface area contributed by atoms with Crippen molar-refractivity contribution in [1.82, 2.24) is 9.97 Å². The first-order valence-electron chi connectivity index (χ1n) is 8.36. The second-order valence-electron chi connectivity index (χ2n) is 5.47. The minimum Gasteiger partial charge on any atom is -0.396 e. The summed E-state index contributed by atoms with van der Waals surface area (Å²) in [4.78, 5) is 12.5. The molecule has 4 nitrogen and oxygen atoms in total. The molecule has 0 N–H and O–H groups in total. The number of hydrogen-bond acceptors (Lipinski definition) is 4. The first-order chi connectivity index (χ1) is 13.8. The van der Waals surface area contributed by atoms with Crippen molar-refractivity contribution >= 4 is 29.4 Å². The highest BCUT2D eigenvalue weighted by Gasteiger charge is 2.31. The van der Waals surface area contributed by atoms with Crippen LogP contribution in [0.4, 0.5) is 13.2 Å². The summed E-state index contributed by atoms with van der Waals surface area (Å²) in [6.07, 6.45) is 1.15. The van der Waals surface area contributed by atoms with Gasteiger partial charge in [0.2, 0.25) is 0 Å². The summed E-state index contributed by atoms with van der Waals surface area (Å²) in [6.45, 7) is 2.18. The quantitative estimate of drug-likeness (QED) is 0.341. The van der Waals surface area contributed by atoms with Gasteiger partial charge in [0.1, 0.15) is 6.61 Å². The first-order valence-corrected chi connectivity index (χ1v) is 9.11. The Morgan fingerprint density at radius 2 is 1.79 bits per heavy atom. The van der Waals surface area contributed by atoms with Crippen LogP contribution in [0.3, 0.4) is 0 Å². The van der Waals surface area contributed by atoms with Crippen LogP contribution in [0, 0.1) is 0 Å². The van der Waals surface area contributed by atoms with Crippen molar-refractivity contribution in [3.63, 3.8) is 0 Å². The maximum atomic E-state index is 12.6. The zero-order valence-electron chi connectivity index (χ0n) is 15.2. The van der Waals surface area contributed by atoms with E-state index < -0.39 is 11.7 Å². The number of nitrogens with zero attached hydrogens (tertiary/aromatic N) is 3. The van der Waals surface area contributed by atoms with Crippen LogP contribution in [0.15, 0.2) is 66.2 Å². The van der Waals surface area contributed by atoms with Gasteiger partial charge in [-0.05, 0) is 37.3 Å². The molecule has 0 spiro atoms. The maximum absolute atomic E-state index is 12.6. The second-order valence-corrected chi connectivity index (χ2v) is 6.28. The van der Waals surface area contributed by atoms with E-state index in [1.165, 1.54) is 6.21 Å². The van der Waals surface area contributed by atoms with Gasteiger partial charge in [0.25, 0.3) is 0 Å². The first kappa shape index (κ1) is 22.6. The lowest BCUT2D eigenvalue weighted by Gasteiger charge is -2.10. The summed E-state index contributed by atoms with van der Waals surface area (Å²) < 4.78 is 37.9. The maximum Gasteiger partial charge on any atom is 0.417 e. The van der Waals surface area contributed by atoms with Gasteiger partial charge >= 0.3 is 6.18 Å². The van der Waals surface area contributed by atoms with E-state index in [2.05, 4.69) is 15.1 Å². The lowest BCUT2D eigenvalue weighted by molar-refractivity contribution is -0.137. The fraction of sp³-hybridized carbons (Fsp3) is 0.150. The lowest BCUT2D eigenvalue weighted by atomic mass is 10.1. The van der Waals surface area contributed by atoms with Crippen LogP contribution in [0.1, 0.15) is 18.1 Å². The summed E-state index contributed by atoms with van der Waals surface area (Å²) in [5, 5.41) is 4.03. The standard InChI is InChI=1S/C15H11Cl2F3N2O.C5H5N/c1-2-23-22-7-10-5-9(3-4-12(10)16)14-13(17)6-11(8-21-14)15(18,19)20;1-2-4-6-5-3-1/h3-8H,2H2,1H3;1-5H/b22-7+;. The van der Waals surface area contributed by atoms with Gasteiger partial charge in [-0.1, -0.05) is 40.5 Å². The summed E-state index contributed by atoms with van der Waals surface area (Å²) >= 11 is 12.0. The summed E-state index contributed by atoms with van der Waals surface area (Å²) in [6, 6.07) is 11.4. The number of benzene rings is 1. The molecule has 0 aliphatic heterocycles. The molecule has 0 atom stereocenters. The number of alkyl halides is 3. The van der Waals surface area contributed by atoms with Crippen LogP contribution in [-0.2, 0) is 11.0 Å². The molecule has 0 amide bonds.